The smallest absolute Gasteiger partial charge is 0.149 e. The molecular formula is C11H18N4. The Morgan fingerprint density at radius 2 is 2.20 bits per heavy atom. The van der Waals surface area contributed by atoms with E-state index in [1.165, 1.54) is 12.8 Å². The molecule has 0 radical (unpaired) electrons. The molecule has 0 aromatic carbocycles. The first-order chi connectivity index (χ1) is 7.16. The summed E-state index contributed by atoms with van der Waals surface area (Å²) in [6.07, 6.45) is 2.54. The number of nitrogen functional groups attached to an aromatic ring is 2. The molecule has 0 bridgehead atoms. The van der Waals surface area contributed by atoms with Crippen molar-refractivity contribution in [2.24, 2.45) is 5.92 Å². The SMILES string of the molecule is CC1CCCN(c2ccc(N)c(N)n2)C1. The largest absolute Gasteiger partial charge is 0.396 e. The summed E-state index contributed by atoms with van der Waals surface area (Å²) < 4.78 is 0. The molecule has 0 aliphatic carbocycles. The van der Waals surface area contributed by atoms with Crippen LogP contribution in [0.3, 0.4) is 0 Å². The van der Waals surface area contributed by atoms with Crippen LogP contribution in [0.2, 0.25) is 0 Å². The van der Waals surface area contributed by atoms with Gasteiger partial charge in [-0.15, -0.1) is 0 Å². The van der Waals surface area contributed by atoms with Gasteiger partial charge in [0.25, 0.3) is 0 Å². The average molecular weight is 206 g/mol. The second-order valence-electron chi connectivity index (χ2n) is 4.34. The van der Waals surface area contributed by atoms with Gasteiger partial charge in [-0.3, -0.25) is 0 Å². The number of hydrogen-bond acceptors (Lipinski definition) is 4. The fraction of sp³-hybridized carbons (Fsp3) is 0.545. The first-order valence-electron chi connectivity index (χ1n) is 5.44. The van der Waals surface area contributed by atoms with Crippen LogP contribution in [0.4, 0.5) is 17.3 Å². The summed E-state index contributed by atoms with van der Waals surface area (Å²) in [4.78, 5) is 6.59. The van der Waals surface area contributed by atoms with Crippen LogP contribution in [0.25, 0.3) is 0 Å². The highest BCUT2D eigenvalue weighted by Gasteiger charge is 2.17. The van der Waals surface area contributed by atoms with Crippen molar-refractivity contribution in [3.8, 4) is 0 Å². The van der Waals surface area contributed by atoms with E-state index in [-0.39, 0.29) is 0 Å². The van der Waals surface area contributed by atoms with Gasteiger partial charge in [0.05, 0.1) is 5.69 Å². The zero-order chi connectivity index (χ0) is 10.8. The van der Waals surface area contributed by atoms with Crippen LogP contribution in [0, 0.1) is 5.92 Å². The quantitative estimate of drug-likeness (QED) is 0.730. The van der Waals surface area contributed by atoms with E-state index in [0.29, 0.717) is 11.5 Å². The molecule has 1 saturated heterocycles. The summed E-state index contributed by atoms with van der Waals surface area (Å²) in [7, 11) is 0. The van der Waals surface area contributed by atoms with Crippen LogP contribution in [-0.2, 0) is 0 Å². The summed E-state index contributed by atoms with van der Waals surface area (Å²) in [5.74, 6) is 2.12. The second kappa shape index (κ2) is 3.96. The Morgan fingerprint density at radius 3 is 2.87 bits per heavy atom. The molecule has 1 fully saturated rings. The van der Waals surface area contributed by atoms with Gasteiger partial charge in [0.1, 0.15) is 11.6 Å². The summed E-state index contributed by atoms with van der Waals surface area (Å²) in [5, 5.41) is 0. The number of hydrogen-bond donors (Lipinski definition) is 2. The van der Waals surface area contributed by atoms with E-state index < -0.39 is 0 Å². The standard InChI is InChI=1S/C11H18N4/c1-8-3-2-6-15(7-8)10-5-4-9(12)11(13)14-10/h4-5,8H,2-3,6-7,12H2,1H3,(H2,13,14). The third kappa shape index (κ3) is 2.14. The molecular weight excluding hydrogens is 188 g/mol. The maximum Gasteiger partial charge on any atom is 0.149 e. The molecule has 1 aromatic heterocycles. The van der Waals surface area contributed by atoms with Crippen molar-refractivity contribution >= 4 is 17.3 Å². The minimum Gasteiger partial charge on any atom is -0.396 e. The summed E-state index contributed by atoms with van der Waals surface area (Å²) in [5.41, 5.74) is 11.9. The number of nitrogens with two attached hydrogens (primary N) is 2. The Bertz CT molecular complexity index is 350. The fourth-order valence-electron chi connectivity index (χ4n) is 2.05. The normalized spacial score (nSPS) is 21.7. The lowest BCUT2D eigenvalue weighted by Gasteiger charge is -2.32. The van der Waals surface area contributed by atoms with Gasteiger partial charge in [-0.25, -0.2) is 4.98 Å². The Hall–Kier alpha value is -1.45. The molecule has 2 heterocycles. The Balaban J connectivity index is 2.18. The maximum absolute atomic E-state index is 5.70. The maximum atomic E-state index is 5.70. The van der Waals surface area contributed by atoms with Gasteiger partial charge in [-0.05, 0) is 30.9 Å². The van der Waals surface area contributed by atoms with Gasteiger partial charge in [0.15, 0.2) is 0 Å². The molecule has 1 unspecified atom stereocenters. The zero-order valence-electron chi connectivity index (χ0n) is 9.11. The second-order valence-corrected chi connectivity index (χ2v) is 4.34. The molecule has 1 aromatic rings. The highest BCUT2D eigenvalue weighted by molar-refractivity contribution is 5.62. The number of nitrogens with zero attached hydrogens (tertiary/aromatic N) is 2. The van der Waals surface area contributed by atoms with Crippen LogP contribution in [0.5, 0.6) is 0 Å². The van der Waals surface area contributed by atoms with E-state index in [9.17, 15) is 0 Å². The van der Waals surface area contributed by atoms with Gasteiger partial charge in [0.2, 0.25) is 0 Å². The third-order valence-corrected chi connectivity index (χ3v) is 2.92. The fourth-order valence-corrected chi connectivity index (χ4v) is 2.05. The molecule has 0 spiro atoms. The zero-order valence-corrected chi connectivity index (χ0v) is 9.11. The van der Waals surface area contributed by atoms with Crippen molar-refractivity contribution < 1.29 is 0 Å². The lowest BCUT2D eigenvalue weighted by atomic mass is 10.0. The number of anilines is 3. The molecule has 0 saturated carbocycles. The Kier molecular flexibility index (Phi) is 2.66. The monoisotopic (exact) mass is 206 g/mol. The molecule has 1 aliphatic rings. The van der Waals surface area contributed by atoms with Crippen molar-refractivity contribution in [3.05, 3.63) is 12.1 Å². The van der Waals surface area contributed by atoms with Crippen molar-refractivity contribution in [3.63, 3.8) is 0 Å². The summed E-state index contributed by atoms with van der Waals surface area (Å²) in [6.45, 7) is 4.41. The van der Waals surface area contributed by atoms with E-state index in [1.54, 1.807) is 0 Å². The highest BCUT2D eigenvalue weighted by Crippen LogP contribution is 2.23. The van der Waals surface area contributed by atoms with Crippen molar-refractivity contribution in [1.29, 1.82) is 0 Å². The minimum absolute atomic E-state index is 0.436. The third-order valence-electron chi connectivity index (χ3n) is 2.92. The topological polar surface area (TPSA) is 68.2 Å². The van der Waals surface area contributed by atoms with Crippen molar-refractivity contribution in [1.82, 2.24) is 4.98 Å². The molecule has 4 N–H and O–H groups in total. The number of rotatable bonds is 1. The van der Waals surface area contributed by atoms with Crippen molar-refractivity contribution in [2.45, 2.75) is 19.8 Å². The predicted octanol–water partition coefficient (Wildman–Crippen LogP) is 1.48. The van der Waals surface area contributed by atoms with Crippen LogP contribution in [-0.4, -0.2) is 18.1 Å². The lowest BCUT2D eigenvalue weighted by Crippen LogP contribution is -2.34. The van der Waals surface area contributed by atoms with Gasteiger partial charge in [-0.1, -0.05) is 6.92 Å². The van der Waals surface area contributed by atoms with Crippen LogP contribution < -0.4 is 16.4 Å². The van der Waals surface area contributed by atoms with E-state index >= 15 is 0 Å². The van der Waals surface area contributed by atoms with E-state index in [0.717, 1.165) is 24.8 Å². The molecule has 4 heteroatoms. The Labute approximate surface area is 90.3 Å². The Morgan fingerprint density at radius 1 is 1.40 bits per heavy atom. The van der Waals surface area contributed by atoms with E-state index in [4.69, 9.17) is 11.5 Å². The van der Waals surface area contributed by atoms with Crippen LogP contribution in [0.15, 0.2) is 12.1 Å². The molecule has 2 rings (SSSR count). The first kappa shape index (κ1) is 10.1. The molecule has 1 atom stereocenters. The molecule has 4 nitrogen and oxygen atoms in total. The van der Waals surface area contributed by atoms with Gasteiger partial charge >= 0.3 is 0 Å². The molecule has 0 amide bonds. The number of piperidine rings is 1. The first-order valence-corrected chi connectivity index (χ1v) is 5.44. The highest BCUT2D eigenvalue weighted by atomic mass is 15.2. The molecule has 1 aliphatic heterocycles. The lowest BCUT2D eigenvalue weighted by molar-refractivity contribution is 0.444. The predicted molar refractivity (Wildman–Crippen MR) is 63.7 cm³/mol. The number of aromatic nitrogens is 1. The van der Waals surface area contributed by atoms with Gasteiger partial charge in [0, 0.05) is 13.1 Å². The van der Waals surface area contributed by atoms with Crippen molar-refractivity contribution in [2.75, 3.05) is 29.5 Å². The summed E-state index contributed by atoms with van der Waals surface area (Å²) in [6, 6.07) is 3.78. The van der Waals surface area contributed by atoms with E-state index in [2.05, 4.69) is 16.8 Å². The van der Waals surface area contributed by atoms with Gasteiger partial charge < -0.3 is 16.4 Å². The number of pyridine rings is 1. The summed E-state index contributed by atoms with van der Waals surface area (Å²) >= 11 is 0. The molecule has 82 valence electrons. The van der Waals surface area contributed by atoms with Gasteiger partial charge in [-0.2, -0.15) is 0 Å². The molecule has 15 heavy (non-hydrogen) atoms. The van der Waals surface area contributed by atoms with Crippen LogP contribution >= 0.6 is 0 Å². The van der Waals surface area contributed by atoms with Crippen LogP contribution in [0.1, 0.15) is 19.8 Å². The minimum atomic E-state index is 0.436. The average Bonchev–Trinajstić information content (AvgIpc) is 2.22. The van der Waals surface area contributed by atoms with E-state index in [1.807, 2.05) is 12.1 Å².